The van der Waals surface area contributed by atoms with E-state index in [2.05, 4.69) is 29.4 Å². The van der Waals surface area contributed by atoms with Crippen LogP contribution in [0.1, 0.15) is 31.7 Å². The summed E-state index contributed by atoms with van der Waals surface area (Å²) >= 11 is 0. The second-order valence-corrected chi connectivity index (χ2v) is 7.38. The Morgan fingerprint density at radius 2 is 1.74 bits per heavy atom. The molecule has 0 spiro atoms. The van der Waals surface area contributed by atoms with Crippen molar-refractivity contribution in [3.05, 3.63) is 78.1 Å². The van der Waals surface area contributed by atoms with Crippen molar-refractivity contribution in [1.82, 2.24) is 15.0 Å². The van der Waals surface area contributed by atoms with E-state index in [-0.39, 0.29) is 18.3 Å². The Labute approximate surface area is 179 Å². The summed E-state index contributed by atoms with van der Waals surface area (Å²) in [4.78, 5) is 13.7. The van der Waals surface area contributed by atoms with Gasteiger partial charge in [-0.15, -0.1) is 10.2 Å². The first-order valence-corrected chi connectivity index (χ1v) is 10.2. The van der Waals surface area contributed by atoms with Crippen molar-refractivity contribution in [2.45, 2.75) is 26.2 Å². The molecule has 4 rings (SSSR count). The fraction of sp³-hybridized carbons (Fsp3) is 0.208. The maximum Gasteiger partial charge on any atom is 0.262 e. The van der Waals surface area contributed by atoms with Crippen LogP contribution < -0.4 is 10.1 Å². The average Bonchev–Trinajstić information content (AvgIpc) is 3.21. The van der Waals surface area contributed by atoms with Crippen molar-refractivity contribution in [2.24, 2.45) is 0 Å². The van der Waals surface area contributed by atoms with Gasteiger partial charge >= 0.3 is 0 Å². The molecule has 31 heavy (non-hydrogen) atoms. The number of nitrogens with zero attached hydrogens (tertiary/aromatic N) is 3. The van der Waals surface area contributed by atoms with Gasteiger partial charge in [-0.05, 0) is 72.5 Å². The number of amides is 1. The first-order chi connectivity index (χ1) is 15.0. The lowest BCUT2D eigenvalue weighted by Gasteiger charge is -2.11. The van der Waals surface area contributed by atoms with Crippen LogP contribution in [0, 0.1) is 5.82 Å². The summed E-state index contributed by atoms with van der Waals surface area (Å²) in [6.45, 7) is 4.24. The third kappa shape index (κ3) is 4.88. The van der Waals surface area contributed by atoms with E-state index >= 15 is 0 Å². The van der Waals surface area contributed by atoms with Crippen molar-refractivity contribution >= 4 is 22.6 Å². The van der Waals surface area contributed by atoms with Gasteiger partial charge in [0.05, 0.1) is 5.69 Å². The van der Waals surface area contributed by atoms with Gasteiger partial charge in [-0.25, -0.2) is 4.39 Å². The van der Waals surface area contributed by atoms with Crippen LogP contribution in [-0.2, 0) is 4.79 Å². The summed E-state index contributed by atoms with van der Waals surface area (Å²) in [6, 6.07) is 19.0. The van der Waals surface area contributed by atoms with Gasteiger partial charge in [0.15, 0.2) is 6.61 Å². The van der Waals surface area contributed by atoms with Gasteiger partial charge in [-0.3, -0.25) is 4.79 Å². The number of benzene rings is 3. The summed E-state index contributed by atoms with van der Waals surface area (Å²) in [6.07, 6.45) is 1.07. The van der Waals surface area contributed by atoms with Crippen LogP contribution in [0.25, 0.3) is 16.7 Å². The zero-order valence-corrected chi connectivity index (χ0v) is 17.4. The third-order valence-corrected chi connectivity index (χ3v) is 5.15. The van der Waals surface area contributed by atoms with E-state index in [1.54, 1.807) is 30.3 Å². The van der Waals surface area contributed by atoms with Gasteiger partial charge in [0, 0.05) is 5.69 Å². The number of carbonyl (C=O) groups is 1. The molecule has 1 N–H and O–H groups in total. The predicted molar refractivity (Wildman–Crippen MR) is 118 cm³/mol. The summed E-state index contributed by atoms with van der Waals surface area (Å²) in [5.41, 5.74) is 3.78. The topological polar surface area (TPSA) is 69.0 Å². The van der Waals surface area contributed by atoms with Gasteiger partial charge in [0.1, 0.15) is 22.6 Å². The van der Waals surface area contributed by atoms with Crippen molar-refractivity contribution in [3.63, 3.8) is 0 Å². The number of hydrogen-bond donors (Lipinski definition) is 1. The largest absolute Gasteiger partial charge is 0.484 e. The molecule has 3 aromatic carbocycles. The van der Waals surface area contributed by atoms with Gasteiger partial charge in [-0.1, -0.05) is 26.0 Å². The fourth-order valence-corrected chi connectivity index (χ4v) is 3.16. The van der Waals surface area contributed by atoms with E-state index in [9.17, 15) is 9.18 Å². The van der Waals surface area contributed by atoms with E-state index in [0.29, 0.717) is 34.1 Å². The number of hydrogen-bond acceptors (Lipinski definition) is 4. The van der Waals surface area contributed by atoms with Crippen LogP contribution in [0.15, 0.2) is 66.7 Å². The molecule has 0 saturated carbocycles. The number of nitrogens with one attached hydrogen (secondary N) is 1. The van der Waals surface area contributed by atoms with Gasteiger partial charge in [0.2, 0.25) is 0 Å². The minimum Gasteiger partial charge on any atom is -0.484 e. The van der Waals surface area contributed by atoms with E-state index in [4.69, 9.17) is 4.74 Å². The second kappa shape index (κ2) is 8.95. The second-order valence-electron chi connectivity index (χ2n) is 7.38. The lowest BCUT2D eigenvalue weighted by Crippen LogP contribution is -2.20. The molecule has 4 aromatic rings. The van der Waals surface area contributed by atoms with Crippen molar-refractivity contribution in [2.75, 3.05) is 11.9 Å². The fourth-order valence-electron chi connectivity index (χ4n) is 3.16. The summed E-state index contributed by atoms with van der Waals surface area (Å²) in [5.74, 6) is 0.559. The standard InChI is InChI=1S/C24H23FN4O2/c1-3-16(2)17-4-11-21(12-5-17)31-15-24(30)26-19-8-13-22-23(14-19)28-29(27-22)20-9-6-18(25)7-10-20/h4-14,16H,3,15H2,1-2H3,(H,26,30)/t16-/m0/s1. The maximum atomic E-state index is 13.1. The minimum atomic E-state index is -0.320. The number of fused-ring (bicyclic) bond motifs is 1. The Bertz CT molecular complexity index is 1190. The summed E-state index contributed by atoms with van der Waals surface area (Å²) in [7, 11) is 0. The van der Waals surface area contributed by atoms with Crippen LogP contribution in [0.2, 0.25) is 0 Å². The molecule has 0 bridgehead atoms. The average molecular weight is 418 g/mol. The third-order valence-electron chi connectivity index (χ3n) is 5.15. The summed E-state index contributed by atoms with van der Waals surface area (Å²) in [5, 5.41) is 11.6. The maximum absolute atomic E-state index is 13.1. The number of anilines is 1. The molecule has 1 atom stereocenters. The predicted octanol–water partition coefficient (Wildman–Crippen LogP) is 5.09. The van der Waals surface area contributed by atoms with E-state index < -0.39 is 0 Å². The van der Waals surface area contributed by atoms with Gasteiger partial charge < -0.3 is 10.1 Å². The molecule has 0 saturated heterocycles. The molecule has 1 heterocycles. The number of carbonyl (C=O) groups excluding carboxylic acids is 1. The Morgan fingerprint density at radius 1 is 1.03 bits per heavy atom. The lowest BCUT2D eigenvalue weighted by molar-refractivity contribution is -0.118. The van der Waals surface area contributed by atoms with Gasteiger partial charge in [-0.2, -0.15) is 4.80 Å². The monoisotopic (exact) mass is 418 g/mol. The highest BCUT2D eigenvalue weighted by atomic mass is 19.1. The first-order valence-electron chi connectivity index (χ1n) is 10.2. The Hall–Kier alpha value is -3.74. The summed E-state index contributed by atoms with van der Waals surface area (Å²) < 4.78 is 18.7. The molecular weight excluding hydrogens is 395 g/mol. The van der Waals surface area contributed by atoms with Crippen LogP contribution in [0.3, 0.4) is 0 Å². The Kier molecular flexibility index (Phi) is 5.93. The highest BCUT2D eigenvalue weighted by molar-refractivity contribution is 5.93. The molecule has 0 aliphatic rings. The van der Waals surface area contributed by atoms with Crippen molar-refractivity contribution in [3.8, 4) is 11.4 Å². The van der Waals surface area contributed by atoms with Crippen LogP contribution in [0.5, 0.6) is 5.75 Å². The molecule has 0 fully saturated rings. The zero-order chi connectivity index (χ0) is 21.8. The molecule has 1 aromatic heterocycles. The zero-order valence-electron chi connectivity index (χ0n) is 17.4. The SMILES string of the molecule is CC[C@H](C)c1ccc(OCC(=O)Nc2ccc3nn(-c4ccc(F)cc4)nc3c2)cc1. The molecule has 0 aliphatic heterocycles. The molecule has 158 valence electrons. The smallest absolute Gasteiger partial charge is 0.262 e. The molecule has 0 aliphatic carbocycles. The number of halogens is 1. The normalized spacial score (nSPS) is 12.0. The molecule has 6 nitrogen and oxygen atoms in total. The van der Waals surface area contributed by atoms with Crippen LogP contribution in [-0.4, -0.2) is 27.5 Å². The molecule has 0 radical (unpaired) electrons. The van der Waals surface area contributed by atoms with Crippen molar-refractivity contribution < 1.29 is 13.9 Å². The molecular formula is C24H23FN4O2. The van der Waals surface area contributed by atoms with Crippen LogP contribution >= 0.6 is 0 Å². The lowest BCUT2D eigenvalue weighted by atomic mass is 9.99. The quantitative estimate of drug-likeness (QED) is 0.454. The van der Waals surface area contributed by atoms with Crippen molar-refractivity contribution in [1.29, 1.82) is 0 Å². The highest BCUT2D eigenvalue weighted by Crippen LogP contribution is 2.22. The van der Waals surface area contributed by atoms with Gasteiger partial charge in [0.25, 0.3) is 5.91 Å². The van der Waals surface area contributed by atoms with E-state index in [0.717, 1.165) is 6.42 Å². The Morgan fingerprint density at radius 3 is 2.45 bits per heavy atom. The van der Waals surface area contributed by atoms with Crippen LogP contribution in [0.4, 0.5) is 10.1 Å². The molecule has 7 heteroatoms. The number of ether oxygens (including phenoxy) is 1. The molecule has 0 unspecified atom stereocenters. The molecule has 1 amide bonds. The number of aromatic nitrogens is 3. The Balaban J connectivity index is 1.38. The highest BCUT2D eigenvalue weighted by Gasteiger charge is 2.09. The van der Waals surface area contributed by atoms with E-state index in [1.807, 2.05) is 24.3 Å². The first kappa shape index (κ1) is 20.5. The number of rotatable bonds is 7. The minimum absolute atomic E-state index is 0.0943. The van der Waals surface area contributed by atoms with E-state index in [1.165, 1.54) is 22.5 Å².